The molecule has 0 aliphatic carbocycles. The minimum absolute atomic E-state index is 0.776. The van der Waals surface area contributed by atoms with E-state index in [2.05, 4.69) is 27.1 Å². The van der Waals surface area contributed by atoms with E-state index in [0.717, 1.165) is 29.3 Å². The maximum Gasteiger partial charge on any atom is 0.153 e. The molecule has 0 bridgehead atoms. The standard InChI is InChI=1S/C10H16N4/c1-5-7(2)10(11-4)12-9-6-8(3)13-14-9/h6H,2,5H2,1,3-4H3,(H2,11,12,13,14). The Kier molecular flexibility index (Phi) is 3.45. The van der Waals surface area contributed by atoms with E-state index in [1.807, 2.05) is 19.9 Å². The van der Waals surface area contributed by atoms with Gasteiger partial charge in [-0.25, -0.2) is 0 Å². The van der Waals surface area contributed by atoms with Crippen molar-refractivity contribution in [2.24, 2.45) is 4.99 Å². The van der Waals surface area contributed by atoms with Crippen LogP contribution in [0.25, 0.3) is 0 Å². The van der Waals surface area contributed by atoms with Gasteiger partial charge in [0.15, 0.2) is 5.82 Å². The minimum atomic E-state index is 0.776. The average Bonchev–Trinajstić information content (AvgIpc) is 2.59. The Hall–Kier alpha value is -1.58. The molecule has 14 heavy (non-hydrogen) atoms. The van der Waals surface area contributed by atoms with E-state index in [-0.39, 0.29) is 0 Å². The maximum absolute atomic E-state index is 4.12. The first-order valence-corrected chi connectivity index (χ1v) is 4.61. The largest absolute Gasteiger partial charge is 0.324 e. The van der Waals surface area contributed by atoms with Gasteiger partial charge in [-0.3, -0.25) is 10.1 Å². The molecule has 0 amide bonds. The quantitative estimate of drug-likeness (QED) is 0.569. The normalized spacial score (nSPS) is 11.5. The number of amidine groups is 1. The van der Waals surface area contributed by atoms with E-state index < -0.39 is 0 Å². The van der Waals surface area contributed by atoms with Gasteiger partial charge in [0.25, 0.3) is 0 Å². The molecule has 0 fully saturated rings. The van der Waals surface area contributed by atoms with Gasteiger partial charge < -0.3 is 5.32 Å². The summed E-state index contributed by atoms with van der Waals surface area (Å²) < 4.78 is 0. The summed E-state index contributed by atoms with van der Waals surface area (Å²) in [5, 5.41) is 10.0. The van der Waals surface area contributed by atoms with Gasteiger partial charge in [0.2, 0.25) is 0 Å². The van der Waals surface area contributed by atoms with Gasteiger partial charge in [-0.15, -0.1) is 0 Å². The number of rotatable bonds is 3. The second kappa shape index (κ2) is 4.60. The lowest BCUT2D eigenvalue weighted by Crippen LogP contribution is -2.14. The molecule has 1 aromatic heterocycles. The summed E-state index contributed by atoms with van der Waals surface area (Å²) in [4.78, 5) is 4.12. The fraction of sp³-hybridized carbons (Fsp3) is 0.400. The van der Waals surface area contributed by atoms with Crippen molar-refractivity contribution in [2.75, 3.05) is 12.4 Å². The summed E-state index contributed by atoms with van der Waals surface area (Å²) in [7, 11) is 1.74. The van der Waals surface area contributed by atoms with Gasteiger partial charge in [-0.1, -0.05) is 13.5 Å². The summed E-state index contributed by atoms with van der Waals surface area (Å²) in [6.45, 7) is 7.92. The summed E-state index contributed by atoms with van der Waals surface area (Å²) in [5.41, 5.74) is 2.00. The monoisotopic (exact) mass is 192 g/mol. The summed E-state index contributed by atoms with van der Waals surface area (Å²) in [6.07, 6.45) is 0.878. The number of aryl methyl sites for hydroxylation is 1. The molecule has 76 valence electrons. The molecule has 1 rings (SSSR count). The predicted octanol–water partition coefficient (Wildman–Crippen LogP) is 2.12. The summed E-state index contributed by atoms with van der Waals surface area (Å²) in [5.74, 6) is 1.57. The Morgan fingerprint density at radius 2 is 2.43 bits per heavy atom. The van der Waals surface area contributed by atoms with Crippen molar-refractivity contribution in [1.29, 1.82) is 0 Å². The number of nitrogens with one attached hydrogen (secondary N) is 2. The average molecular weight is 192 g/mol. The SMILES string of the molecule is C=C(CC)C(=NC)Nc1cc(C)[nH]n1. The molecule has 2 N–H and O–H groups in total. The van der Waals surface area contributed by atoms with Crippen molar-refractivity contribution in [1.82, 2.24) is 10.2 Å². The molecule has 4 nitrogen and oxygen atoms in total. The molecule has 0 aliphatic heterocycles. The zero-order chi connectivity index (χ0) is 10.6. The van der Waals surface area contributed by atoms with E-state index in [1.165, 1.54) is 0 Å². The number of aliphatic imine (C=N–C) groups is 1. The smallest absolute Gasteiger partial charge is 0.153 e. The Morgan fingerprint density at radius 3 is 2.86 bits per heavy atom. The van der Waals surface area contributed by atoms with Gasteiger partial charge in [-0.05, 0) is 18.9 Å². The van der Waals surface area contributed by atoms with E-state index in [4.69, 9.17) is 0 Å². The van der Waals surface area contributed by atoms with Crippen molar-refractivity contribution in [3.63, 3.8) is 0 Å². The summed E-state index contributed by atoms with van der Waals surface area (Å²) in [6, 6.07) is 1.92. The highest BCUT2D eigenvalue weighted by Gasteiger charge is 2.04. The first-order valence-electron chi connectivity index (χ1n) is 4.61. The minimum Gasteiger partial charge on any atom is -0.324 e. The van der Waals surface area contributed by atoms with E-state index in [0.29, 0.717) is 0 Å². The van der Waals surface area contributed by atoms with Gasteiger partial charge >= 0.3 is 0 Å². The van der Waals surface area contributed by atoms with E-state index in [1.54, 1.807) is 7.05 Å². The number of nitrogens with zero attached hydrogens (tertiary/aromatic N) is 2. The molecule has 0 aliphatic rings. The molecule has 0 spiro atoms. The van der Waals surface area contributed by atoms with Crippen LogP contribution in [0.4, 0.5) is 5.82 Å². The van der Waals surface area contributed by atoms with Crippen molar-refractivity contribution in [3.8, 4) is 0 Å². The molecule has 0 atom stereocenters. The Balaban J connectivity index is 2.72. The van der Waals surface area contributed by atoms with Crippen molar-refractivity contribution < 1.29 is 0 Å². The third-order valence-corrected chi connectivity index (χ3v) is 1.94. The van der Waals surface area contributed by atoms with Crippen LogP contribution in [0.5, 0.6) is 0 Å². The lowest BCUT2D eigenvalue weighted by atomic mass is 10.2. The lowest BCUT2D eigenvalue weighted by Gasteiger charge is -2.07. The molecule has 1 aromatic rings. The molecule has 4 heteroatoms. The lowest BCUT2D eigenvalue weighted by molar-refractivity contribution is 1.05. The topological polar surface area (TPSA) is 53.1 Å². The molecule has 0 aromatic carbocycles. The zero-order valence-electron chi connectivity index (χ0n) is 8.89. The van der Waals surface area contributed by atoms with Crippen LogP contribution in [0.2, 0.25) is 0 Å². The predicted molar refractivity (Wildman–Crippen MR) is 59.7 cm³/mol. The number of H-pyrrole nitrogens is 1. The van der Waals surface area contributed by atoms with Crippen LogP contribution in [0.1, 0.15) is 19.0 Å². The van der Waals surface area contributed by atoms with Crippen LogP contribution in [0, 0.1) is 6.92 Å². The van der Waals surface area contributed by atoms with Crippen molar-refractivity contribution >= 4 is 11.7 Å². The molecule has 0 saturated carbocycles. The molecular weight excluding hydrogens is 176 g/mol. The molecule has 1 heterocycles. The Morgan fingerprint density at radius 1 is 1.71 bits per heavy atom. The number of anilines is 1. The number of aromatic amines is 1. The van der Waals surface area contributed by atoms with Gasteiger partial charge in [0.05, 0.1) is 0 Å². The molecule has 0 saturated heterocycles. The fourth-order valence-corrected chi connectivity index (χ4v) is 1.07. The van der Waals surface area contributed by atoms with Gasteiger partial charge in [-0.2, -0.15) is 5.10 Å². The molecule has 0 radical (unpaired) electrons. The first kappa shape index (κ1) is 10.5. The number of hydrogen-bond donors (Lipinski definition) is 2. The fourth-order valence-electron chi connectivity index (χ4n) is 1.07. The first-order chi connectivity index (χ1) is 6.67. The van der Waals surface area contributed by atoms with Crippen LogP contribution >= 0.6 is 0 Å². The highest BCUT2D eigenvalue weighted by molar-refractivity contribution is 6.06. The second-order valence-corrected chi connectivity index (χ2v) is 3.09. The maximum atomic E-state index is 4.12. The zero-order valence-corrected chi connectivity index (χ0v) is 8.89. The summed E-state index contributed by atoms with van der Waals surface area (Å²) >= 11 is 0. The third kappa shape index (κ3) is 2.45. The molecule has 0 unspecified atom stereocenters. The third-order valence-electron chi connectivity index (χ3n) is 1.94. The second-order valence-electron chi connectivity index (χ2n) is 3.09. The van der Waals surface area contributed by atoms with Crippen molar-refractivity contribution in [2.45, 2.75) is 20.3 Å². The van der Waals surface area contributed by atoms with Crippen LogP contribution in [0.15, 0.2) is 23.2 Å². The van der Waals surface area contributed by atoms with Crippen LogP contribution in [-0.2, 0) is 0 Å². The Bertz CT molecular complexity index is 349. The van der Waals surface area contributed by atoms with Gasteiger partial charge in [0.1, 0.15) is 5.84 Å². The van der Waals surface area contributed by atoms with Gasteiger partial charge in [0, 0.05) is 18.8 Å². The number of hydrogen-bond acceptors (Lipinski definition) is 2. The highest BCUT2D eigenvalue weighted by atomic mass is 15.2. The van der Waals surface area contributed by atoms with Crippen LogP contribution < -0.4 is 5.32 Å². The van der Waals surface area contributed by atoms with Crippen LogP contribution in [0.3, 0.4) is 0 Å². The van der Waals surface area contributed by atoms with Crippen LogP contribution in [-0.4, -0.2) is 23.1 Å². The van der Waals surface area contributed by atoms with E-state index in [9.17, 15) is 0 Å². The Labute approximate surface area is 84.1 Å². The highest BCUT2D eigenvalue weighted by Crippen LogP contribution is 2.07. The number of aromatic nitrogens is 2. The van der Waals surface area contributed by atoms with Crippen molar-refractivity contribution in [3.05, 3.63) is 23.9 Å². The molecular formula is C10H16N4. The van der Waals surface area contributed by atoms with E-state index >= 15 is 0 Å².